The molecule has 1 unspecified atom stereocenters. The fourth-order valence-electron chi connectivity index (χ4n) is 2.80. The molecule has 3 atom stereocenters. The van der Waals surface area contributed by atoms with Gasteiger partial charge in [0.15, 0.2) is 14.6 Å². The minimum atomic E-state index is -1.66. The van der Waals surface area contributed by atoms with Crippen LogP contribution in [0.3, 0.4) is 0 Å². The molecule has 0 bridgehead atoms. The van der Waals surface area contributed by atoms with E-state index in [2.05, 4.69) is 40.8 Å². The van der Waals surface area contributed by atoms with Crippen LogP contribution in [-0.2, 0) is 13.9 Å². The van der Waals surface area contributed by atoms with Crippen LogP contribution in [0.4, 0.5) is 0 Å². The van der Waals surface area contributed by atoms with E-state index in [1.54, 1.807) is 7.11 Å². The van der Waals surface area contributed by atoms with Gasteiger partial charge in [-0.15, -0.1) is 0 Å². The Morgan fingerprint density at radius 1 is 1.15 bits per heavy atom. The molecular formula is C21H36O4Si. The van der Waals surface area contributed by atoms with Crippen molar-refractivity contribution in [2.75, 3.05) is 20.3 Å². The van der Waals surface area contributed by atoms with Gasteiger partial charge in [-0.25, -0.2) is 0 Å². The third-order valence-corrected chi connectivity index (χ3v) is 10.3. The maximum atomic E-state index is 6.30. The third-order valence-electron chi connectivity index (χ3n) is 5.73. The number of hydrogen-bond acceptors (Lipinski definition) is 4. The van der Waals surface area contributed by atoms with Crippen molar-refractivity contribution in [3.8, 4) is 5.75 Å². The van der Waals surface area contributed by atoms with Gasteiger partial charge in [-0.05, 0) is 43.1 Å². The summed E-state index contributed by atoms with van der Waals surface area (Å²) in [7, 11) is 0.0116. The highest BCUT2D eigenvalue weighted by molar-refractivity contribution is 6.74. The number of ether oxygens (including phenoxy) is 3. The molecule has 1 saturated heterocycles. The Morgan fingerprint density at radius 2 is 1.81 bits per heavy atom. The molecule has 0 saturated carbocycles. The van der Waals surface area contributed by atoms with Crippen molar-refractivity contribution in [3.63, 3.8) is 0 Å². The van der Waals surface area contributed by atoms with Crippen LogP contribution in [0.25, 0.3) is 0 Å². The van der Waals surface area contributed by atoms with Gasteiger partial charge in [0.1, 0.15) is 5.75 Å². The molecular weight excluding hydrogens is 344 g/mol. The minimum absolute atomic E-state index is 0.207. The lowest BCUT2D eigenvalue weighted by Crippen LogP contribution is -2.41. The van der Waals surface area contributed by atoms with Crippen LogP contribution in [-0.4, -0.2) is 34.7 Å². The maximum Gasteiger partial charge on any atom is 0.191 e. The molecule has 1 aliphatic heterocycles. The molecule has 0 amide bonds. The zero-order valence-corrected chi connectivity index (χ0v) is 18.5. The second-order valence-electron chi connectivity index (χ2n) is 8.84. The maximum absolute atomic E-state index is 6.30. The van der Waals surface area contributed by atoms with E-state index >= 15 is 0 Å². The summed E-state index contributed by atoms with van der Waals surface area (Å²) in [6, 6.07) is 7.92. The van der Waals surface area contributed by atoms with E-state index in [4.69, 9.17) is 18.6 Å². The van der Waals surface area contributed by atoms with Crippen molar-refractivity contribution >= 4 is 8.32 Å². The van der Waals surface area contributed by atoms with E-state index in [1.807, 2.05) is 24.3 Å². The summed E-state index contributed by atoms with van der Waals surface area (Å²) in [5.41, 5.74) is 1.04. The molecule has 0 N–H and O–H groups in total. The second kappa shape index (κ2) is 8.87. The van der Waals surface area contributed by atoms with Crippen molar-refractivity contribution in [1.29, 1.82) is 0 Å². The highest BCUT2D eigenvalue weighted by Crippen LogP contribution is 2.37. The van der Waals surface area contributed by atoms with Crippen LogP contribution in [0.2, 0.25) is 18.1 Å². The van der Waals surface area contributed by atoms with Crippen LogP contribution in [0.5, 0.6) is 5.75 Å². The second-order valence-corrected chi connectivity index (χ2v) is 13.7. The predicted octanol–water partition coefficient (Wildman–Crippen LogP) is 5.55. The first-order valence-corrected chi connectivity index (χ1v) is 12.6. The van der Waals surface area contributed by atoms with Crippen molar-refractivity contribution < 1.29 is 18.6 Å². The van der Waals surface area contributed by atoms with Crippen LogP contribution in [0.15, 0.2) is 24.3 Å². The smallest absolute Gasteiger partial charge is 0.191 e. The van der Waals surface area contributed by atoms with Gasteiger partial charge in [-0.1, -0.05) is 39.8 Å². The van der Waals surface area contributed by atoms with Crippen molar-refractivity contribution in [1.82, 2.24) is 0 Å². The topological polar surface area (TPSA) is 36.9 Å². The monoisotopic (exact) mass is 380 g/mol. The molecule has 148 valence electrons. The van der Waals surface area contributed by atoms with E-state index in [0.717, 1.165) is 37.4 Å². The Labute approximate surface area is 160 Å². The van der Waals surface area contributed by atoms with E-state index in [1.165, 1.54) is 0 Å². The van der Waals surface area contributed by atoms with Crippen molar-refractivity contribution in [3.05, 3.63) is 29.8 Å². The molecule has 4 nitrogen and oxygen atoms in total. The standard InChI is InChI=1S/C21H36O4Si/c1-16-15-23-20(17-10-12-18(22-5)13-11-17)25-19(16)9-8-14-24-26(6,7)21(2,3)4/h10-13,16,19-20H,8-9,14-15H2,1-7H3/t16-,19-,20?/m1/s1. The molecule has 1 heterocycles. The highest BCUT2D eigenvalue weighted by Gasteiger charge is 2.37. The number of methoxy groups -OCH3 is 1. The van der Waals surface area contributed by atoms with Crippen LogP contribution in [0.1, 0.15) is 52.4 Å². The lowest BCUT2D eigenvalue weighted by molar-refractivity contribution is -0.240. The Morgan fingerprint density at radius 3 is 2.38 bits per heavy atom. The van der Waals surface area contributed by atoms with Gasteiger partial charge in [0.05, 0.1) is 19.8 Å². The molecule has 1 fully saturated rings. The SMILES string of the molecule is COc1ccc(C2OC[C@@H](C)[C@@H](CCCO[Si](C)(C)C(C)(C)C)O2)cc1. The molecule has 2 rings (SSSR count). The molecule has 0 aliphatic carbocycles. The third kappa shape index (κ3) is 5.56. The van der Waals surface area contributed by atoms with E-state index in [0.29, 0.717) is 5.92 Å². The summed E-state index contributed by atoms with van der Waals surface area (Å²) in [6.45, 7) is 15.2. The highest BCUT2D eigenvalue weighted by atomic mass is 28.4. The zero-order chi connectivity index (χ0) is 19.4. The van der Waals surface area contributed by atoms with Gasteiger partial charge in [0, 0.05) is 18.1 Å². The van der Waals surface area contributed by atoms with E-state index < -0.39 is 8.32 Å². The molecule has 1 aromatic rings. The molecule has 1 aromatic carbocycles. The van der Waals surface area contributed by atoms with Gasteiger partial charge in [0.2, 0.25) is 0 Å². The average Bonchev–Trinajstić information content (AvgIpc) is 2.59. The average molecular weight is 381 g/mol. The van der Waals surface area contributed by atoms with E-state index in [-0.39, 0.29) is 17.4 Å². The first-order chi connectivity index (χ1) is 12.1. The van der Waals surface area contributed by atoms with Crippen molar-refractivity contribution in [2.24, 2.45) is 5.92 Å². The fraction of sp³-hybridized carbons (Fsp3) is 0.714. The molecule has 26 heavy (non-hydrogen) atoms. The Bertz CT molecular complexity index is 550. The minimum Gasteiger partial charge on any atom is -0.497 e. The Kier molecular flexibility index (Phi) is 7.31. The molecule has 5 heteroatoms. The summed E-state index contributed by atoms with van der Waals surface area (Å²) < 4.78 is 23.7. The van der Waals surface area contributed by atoms with Crippen LogP contribution >= 0.6 is 0 Å². The molecule has 1 aliphatic rings. The Balaban J connectivity index is 1.84. The van der Waals surface area contributed by atoms with Gasteiger partial charge in [0.25, 0.3) is 0 Å². The summed E-state index contributed by atoms with van der Waals surface area (Å²) in [5, 5.41) is 0.259. The first kappa shape index (κ1) is 21.4. The first-order valence-electron chi connectivity index (χ1n) is 9.69. The normalized spacial score (nSPS) is 24.5. The lowest BCUT2D eigenvalue weighted by atomic mass is 9.99. The van der Waals surface area contributed by atoms with Gasteiger partial charge >= 0.3 is 0 Å². The van der Waals surface area contributed by atoms with Crippen LogP contribution in [0, 0.1) is 5.92 Å². The number of hydrogen-bond donors (Lipinski definition) is 0. The Hall–Kier alpha value is -0.883. The van der Waals surface area contributed by atoms with Gasteiger partial charge < -0.3 is 18.6 Å². The van der Waals surface area contributed by atoms with Gasteiger partial charge in [-0.3, -0.25) is 0 Å². The zero-order valence-electron chi connectivity index (χ0n) is 17.5. The fourth-order valence-corrected chi connectivity index (χ4v) is 3.88. The quantitative estimate of drug-likeness (QED) is 0.459. The van der Waals surface area contributed by atoms with Crippen LogP contribution < -0.4 is 4.74 Å². The van der Waals surface area contributed by atoms with E-state index in [9.17, 15) is 0 Å². The van der Waals surface area contributed by atoms with Crippen molar-refractivity contribution in [2.45, 2.75) is 71.1 Å². The number of benzene rings is 1. The molecule has 0 aromatic heterocycles. The summed E-state index contributed by atoms with van der Waals surface area (Å²) in [5.74, 6) is 1.25. The number of rotatable bonds is 7. The largest absolute Gasteiger partial charge is 0.497 e. The molecule has 0 radical (unpaired) electrons. The summed E-state index contributed by atoms with van der Waals surface area (Å²) in [4.78, 5) is 0. The summed E-state index contributed by atoms with van der Waals surface area (Å²) >= 11 is 0. The lowest BCUT2D eigenvalue weighted by Gasteiger charge is -2.37. The molecule has 0 spiro atoms. The summed E-state index contributed by atoms with van der Waals surface area (Å²) in [6.07, 6.45) is 1.95. The van der Waals surface area contributed by atoms with Gasteiger partial charge in [-0.2, -0.15) is 0 Å². The predicted molar refractivity (Wildman–Crippen MR) is 108 cm³/mol.